The molecule has 0 saturated carbocycles. The fourth-order valence-electron chi connectivity index (χ4n) is 0.944. The van der Waals surface area contributed by atoms with Crippen LogP contribution < -0.4 is 4.74 Å². The molecule has 0 aliphatic heterocycles. The molecule has 1 rings (SSSR count). The van der Waals surface area contributed by atoms with Gasteiger partial charge in [-0.3, -0.25) is 0 Å². The number of carboxylic acids is 1. The second-order valence-electron chi connectivity index (χ2n) is 2.50. The summed E-state index contributed by atoms with van der Waals surface area (Å²) in [5.74, 6) is -3.44. The van der Waals surface area contributed by atoms with Crippen molar-refractivity contribution in [3.63, 3.8) is 0 Å². The van der Waals surface area contributed by atoms with Crippen molar-refractivity contribution in [3.05, 3.63) is 23.8 Å². The standard InChI is InChI=1S/C8H5F3O4/c9-8(10,11)15-5-3-1-2-4(12)6(5)7(13)14/h1-3,12H,(H,13,14). The molecule has 0 radical (unpaired) electrons. The maximum Gasteiger partial charge on any atom is 0.573 e. The van der Waals surface area contributed by atoms with Crippen molar-refractivity contribution in [1.82, 2.24) is 0 Å². The summed E-state index contributed by atoms with van der Waals surface area (Å²) < 4.78 is 38.9. The molecule has 82 valence electrons. The zero-order valence-corrected chi connectivity index (χ0v) is 7.08. The number of benzene rings is 1. The summed E-state index contributed by atoms with van der Waals surface area (Å²) in [5.41, 5.74) is -0.921. The molecule has 2 N–H and O–H groups in total. The fraction of sp³-hybridized carbons (Fsp3) is 0.125. The van der Waals surface area contributed by atoms with Crippen molar-refractivity contribution in [2.24, 2.45) is 0 Å². The Labute approximate surface area is 81.5 Å². The van der Waals surface area contributed by atoms with Crippen LogP contribution in [0.25, 0.3) is 0 Å². The quantitative estimate of drug-likeness (QED) is 0.802. The predicted molar refractivity (Wildman–Crippen MR) is 41.7 cm³/mol. The van der Waals surface area contributed by atoms with Crippen LogP contribution in [0.15, 0.2) is 18.2 Å². The highest BCUT2D eigenvalue weighted by Crippen LogP contribution is 2.31. The Hall–Kier alpha value is -1.92. The summed E-state index contributed by atoms with van der Waals surface area (Å²) in [6, 6.07) is 2.80. The van der Waals surface area contributed by atoms with E-state index in [4.69, 9.17) is 10.2 Å². The molecule has 0 spiro atoms. The lowest BCUT2D eigenvalue weighted by Crippen LogP contribution is -2.19. The average molecular weight is 222 g/mol. The lowest BCUT2D eigenvalue weighted by atomic mass is 10.2. The molecule has 15 heavy (non-hydrogen) atoms. The number of halogens is 3. The largest absolute Gasteiger partial charge is 0.573 e. The summed E-state index contributed by atoms with van der Waals surface area (Å²) in [6.07, 6.45) is -5.00. The Balaban J connectivity index is 3.18. The minimum absolute atomic E-state index is 0.788. The van der Waals surface area contributed by atoms with Gasteiger partial charge in [-0.15, -0.1) is 13.2 Å². The van der Waals surface area contributed by atoms with Gasteiger partial charge in [0.25, 0.3) is 0 Å². The topological polar surface area (TPSA) is 66.8 Å². The first-order valence-corrected chi connectivity index (χ1v) is 3.62. The van der Waals surface area contributed by atoms with E-state index in [0.717, 1.165) is 18.2 Å². The van der Waals surface area contributed by atoms with Gasteiger partial charge in [0.05, 0.1) is 0 Å². The van der Waals surface area contributed by atoms with Gasteiger partial charge >= 0.3 is 12.3 Å². The van der Waals surface area contributed by atoms with Gasteiger partial charge in [-0.1, -0.05) is 6.07 Å². The van der Waals surface area contributed by atoms with Gasteiger partial charge in [0.1, 0.15) is 17.1 Å². The zero-order chi connectivity index (χ0) is 11.6. The SMILES string of the molecule is O=C(O)c1c(O)cccc1OC(F)(F)F. The predicted octanol–water partition coefficient (Wildman–Crippen LogP) is 1.99. The third kappa shape index (κ3) is 2.76. The number of phenols is 1. The smallest absolute Gasteiger partial charge is 0.507 e. The number of hydrogen-bond donors (Lipinski definition) is 2. The summed E-state index contributed by atoms with van der Waals surface area (Å²) in [6.45, 7) is 0. The number of aromatic hydroxyl groups is 1. The molecule has 0 heterocycles. The number of hydrogen-bond acceptors (Lipinski definition) is 3. The summed E-state index contributed by atoms with van der Waals surface area (Å²) in [4.78, 5) is 10.5. The van der Waals surface area contributed by atoms with Crippen LogP contribution in [0.5, 0.6) is 11.5 Å². The van der Waals surface area contributed by atoms with Crippen molar-refractivity contribution < 1.29 is 32.9 Å². The maximum absolute atomic E-state index is 11.8. The van der Waals surface area contributed by atoms with E-state index in [1.807, 2.05) is 0 Å². The van der Waals surface area contributed by atoms with E-state index in [2.05, 4.69) is 4.74 Å². The number of carboxylic acid groups (broad SMARTS) is 1. The molecule has 0 bridgehead atoms. The highest BCUT2D eigenvalue weighted by molar-refractivity contribution is 5.93. The fourth-order valence-corrected chi connectivity index (χ4v) is 0.944. The van der Waals surface area contributed by atoms with E-state index in [1.54, 1.807) is 0 Å². The molecule has 0 atom stereocenters. The molecule has 1 aromatic rings. The van der Waals surface area contributed by atoms with Crippen molar-refractivity contribution in [2.75, 3.05) is 0 Å². The van der Waals surface area contributed by atoms with E-state index in [0.29, 0.717) is 0 Å². The minimum atomic E-state index is -5.00. The lowest BCUT2D eigenvalue weighted by molar-refractivity contribution is -0.274. The van der Waals surface area contributed by atoms with Crippen LogP contribution in [0.2, 0.25) is 0 Å². The third-order valence-electron chi connectivity index (χ3n) is 1.44. The third-order valence-corrected chi connectivity index (χ3v) is 1.44. The average Bonchev–Trinajstić information content (AvgIpc) is 1.99. The van der Waals surface area contributed by atoms with E-state index in [-0.39, 0.29) is 0 Å². The molecule has 0 unspecified atom stereocenters. The van der Waals surface area contributed by atoms with Crippen molar-refractivity contribution in [1.29, 1.82) is 0 Å². The van der Waals surface area contributed by atoms with Crippen LogP contribution in [0, 0.1) is 0 Å². The van der Waals surface area contributed by atoms with Gasteiger partial charge < -0.3 is 14.9 Å². The number of rotatable bonds is 2. The molecule has 0 aliphatic rings. The number of aromatic carboxylic acids is 1. The molecule has 0 aliphatic carbocycles. The highest BCUT2D eigenvalue weighted by Gasteiger charge is 2.33. The Morgan fingerprint density at radius 1 is 1.33 bits per heavy atom. The second kappa shape index (κ2) is 3.68. The van der Waals surface area contributed by atoms with Crippen LogP contribution >= 0.6 is 0 Å². The molecule has 1 aromatic carbocycles. The van der Waals surface area contributed by atoms with Gasteiger partial charge in [-0.25, -0.2) is 4.79 Å². The van der Waals surface area contributed by atoms with E-state index in [9.17, 15) is 18.0 Å². The number of alkyl halides is 3. The normalized spacial score (nSPS) is 11.1. The van der Waals surface area contributed by atoms with Crippen LogP contribution in [0.3, 0.4) is 0 Å². The molecule has 0 aromatic heterocycles. The molecule has 4 nitrogen and oxygen atoms in total. The summed E-state index contributed by atoms with van der Waals surface area (Å²) in [5, 5.41) is 17.6. The Kier molecular flexibility index (Phi) is 2.74. The Morgan fingerprint density at radius 3 is 2.40 bits per heavy atom. The Morgan fingerprint density at radius 2 is 1.93 bits per heavy atom. The van der Waals surface area contributed by atoms with E-state index < -0.39 is 29.4 Å². The molecular weight excluding hydrogens is 217 g/mol. The lowest BCUT2D eigenvalue weighted by Gasteiger charge is -2.11. The molecule has 0 amide bonds. The first-order valence-electron chi connectivity index (χ1n) is 3.62. The van der Waals surface area contributed by atoms with Crippen LogP contribution in [-0.4, -0.2) is 22.5 Å². The molecule has 0 fully saturated rings. The minimum Gasteiger partial charge on any atom is -0.507 e. The van der Waals surface area contributed by atoms with Gasteiger partial charge in [0.15, 0.2) is 0 Å². The monoisotopic (exact) mass is 222 g/mol. The van der Waals surface area contributed by atoms with Crippen molar-refractivity contribution in [3.8, 4) is 11.5 Å². The first-order chi connectivity index (χ1) is 6.81. The first kappa shape index (κ1) is 11.2. The molecule has 0 saturated heterocycles. The second-order valence-corrected chi connectivity index (χ2v) is 2.50. The summed E-state index contributed by atoms with van der Waals surface area (Å²) in [7, 11) is 0. The van der Waals surface area contributed by atoms with Crippen LogP contribution in [0.1, 0.15) is 10.4 Å². The molecule has 7 heteroatoms. The Bertz CT molecular complexity index is 386. The maximum atomic E-state index is 11.8. The number of carbonyl (C=O) groups is 1. The number of ether oxygens (including phenoxy) is 1. The van der Waals surface area contributed by atoms with E-state index in [1.165, 1.54) is 0 Å². The van der Waals surface area contributed by atoms with Gasteiger partial charge in [0, 0.05) is 0 Å². The van der Waals surface area contributed by atoms with Gasteiger partial charge in [-0.2, -0.15) is 0 Å². The van der Waals surface area contributed by atoms with Crippen LogP contribution in [-0.2, 0) is 0 Å². The van der Waals surface area contributed by atoms with Crippen molar-refractivity contribution >= 4 is 5.97 Å². The van der Waals surface area contributed by atoms with E-state index >= 15 is 0 Å². The van der Waals surface area contributed by atoms with Gasteiger partial charge in [-0.05, 0) is 12.1 Å². The highest BCUT2D eigenvalue weighted by atomic mass is 19.4. The zero-order valence-electron chi connectivity index (χ0n) is 7.08. The van der Waals surface area contributed by atoms with Gasteiger partial charge in [0.2, 0.25) is 0 Å². The molecular formula is C8H5F3O4. The summed E-state index contributed by atoms with van der Waals surface area (Å²) >= 11 is 0. The van der Waals surface area contributed by atoms with Crippen molar-refractivity contribution in [2.45, 2.75) is 6.36 Å². The van der Waals surface area contributed by atoms with Crippen LogP contribution in [0.4, 0.5) is 13.2 Å².